The van der Waals surface area contributed by atoms with E-state index in [1.807, 2.05) is 12.1 Å². The monoisotopic (exact) mass is 610 g/mol. The number of rotatable bonds is 4. The summed E-state index contributed by atoms with van der Waals surface area (Å²) in [5.41, 5.74) is 3.57. The average molecular weight is 610 g/mol. The zero-order valence-corrected chi connectivity index (χ0v) is 22.0. The van der Waals surface area contributed by atoms with E-state index in [-0.39, 0.29) is 31.3 Å². The Morgan fingerprint density at radius 1 is 0.972 bits per heavy atom. The Bertz CT molecular complexity index is 1280. The molecule has 190 valence electrons. The van der Waals surface area contributed by atoms with Crippen molar-refractivity contribution in [1.82, 2.24) is 20.2 Å². The van der Waals surface area contributed by atoms with E-state index >= 15 is 0 Å². The molecule has 2 aliphatic heterocycles. The van der Waals surface area contributed by atoms with Crippen molar-refractivity contribution in [3.8, 4) is 23.0 Å². The second kappa shape index (κ2) is 8.84. The standard InChI is InChI=1S/C25H26F3IN6O/c1-15-12-19(31-23(30-15)35-9-4-16(14-35)25(26,27)28)22-33-32-21(36-22)18-3-2-17(29)13-20(18)34-10-7-24(5-6-24)8-11-34/h2-3,12-13,16H,4-11,14H2,1H3. The molecule has 1 unspecified atom stereocenters. The SMILES string of the molecule is Cc1cc(-c2nnc(-c3ccc(I)cc3N3CCC4(CC3)CC4)o2)nc(N2CCC(C(F)(F)F)C2)n1. The summed E-state index contributed by atoms with van der Waals surface area (Å²) in [5.74, 6) is -0.486. The Hall–Kier alpha value is -2.44. The molecule has 3 fully saturated rings. The van der Waals surface area contributed by atoms with E-state index in [1.165, 1.54) is 25.7 Å². The third-order valence-corrected chi connectivity index (χ3v) is 8.40. The minimum Gasteiger partial charge on any atom is -0.415 e. The van der Waals surface area contributed by atoms with Crippen LogP contribution in [0.25, 0.3) is 23.0 Å². The molecule has 1 atom stereocenters. The molecule has 0 radical (unpaired) electrons. The van der Waals surface area contributed by atoms with E-state index < -0.39 is 12.1 Å². The fraction of sp³-hybridized carbons (Fsp3) is 0.520. The van der Waals surface area contributed by atoms with Crippen LogP contribution in [0.15, 0.2) is 28.7 Å². The summed E-state index contributed by atoms with van der Waals surface area (Å²) in [7, 11) is 0. The first-order chi connectivity index (χ1) is 17.2. The number of benzene rings is 1. The summed E-state index contributed by atoms with van der Waals surface area (Å²) in [6.45, 7) is 3.91. The minimum atomic E-state index is -4.22. The molecule has 0 bridgehead atoms. The number of anilines is 2. The molecule has 1 aromatic carbocycles. The van der Waals surface area contributed by atoms with Gasteiger partial charge in [-0.1, -0.05) is 0 Å². The summed E-state index contributed by atoms with van der Waals surface area (Å²) < 4.78 is 46.7. The highest BCUT2D eigenvalue weighted by Crippen LogP contribution is 2.54. The van der Waals surface area contributed by atoms with E-state index in [1.54, 1.807) is 17.9 Å². The van der Waals surface area contributed by atoms with Crippen LogP contribution in [-0.2, 0) is 0 Å². The number of halogens is 4. The molecule has 1 aliphatic carbocycles. The summed E-state index contributed by atoms with van der Waals surface area (Å²) >= 11 is 2.32. The Kier molecular flexibility index (Phi) is 5.88. The van der Waals surface area contributed by atoms with Gasteiger partial charge >= 0.3 is 6.18 Å². The number of aryl methyl sites for hydroxylation is 1. The van der Waals surface area contributed by atoms with Crippen molar-refractivity contribution in [2.24, 2.45) is 11.3 Å². The zero-order chi connectivity index (χ0) is 25.1. The number of aromatic nitrogens is 4. The Morgan fingerprint density at radius 2 is 1.72 bits per heavy atom. The molecule has 2 aromatic heterocycles. The lowest BCUT2D eigenvalue weighted by Gasteiger charge is -2.34. The minimum absolute atomic E-state index is 0.0358. The molecule has 6 rings (SSSR count). The van der Waals surface area contributed by atoms with Crippen LogP contribution in [0.4, 0.5) is 24.8 Å². The maximum Gasteiger partial charge on any atom is 0.393 e. The first kappa shape index (κ1) is 23.9. The van der Waals surface area contributed by atoms with Crippen LogP contribution in [0.2, 0.25) is 0 Å². The van der Waals surface area contributed by atoms with Crippen molar-refractivity contribution >= 4 is 34.2 Å². The van der Waals surface area contributed by atoms with Crippen molar-refractivity contribution in [2.45, 2.75) is 45.2 Å². The van der Waals surface area contributed by atoms with E-state index in [0.29, 0.717) is 22.7 Å². The van der Waals surface area contributed by atoms with Crippen molar-refractivity contribution in [2.75, 3.05) is 36.0 Å². The number of alkyl halides is 3. The Morgan fingerprint density at radius 3 is 2.42 bits per heavy atom. The fourth-order valence-corrected chi connectivity index (χ4v) is 5.77. The van der Waals surface area contributed by atoms with Crippen LogP contribution in [0, 0.1) is 21.8 Å². The highest BCUT2D eigenvalue weighted by Gasteiger charge is 2.45. The van der Waals surface area contributed by atoms with Gasteiger partial charge in [0.2, 0.25) is 11.8 Å². The van der Waals surface area contributed by atoms with Gasteiger partial charge in [0.1, 0.15) is 5.69 Å². The lowest BCUT2D eigenvalue weighted by Crippen LogP contribution is -2.34. The molecule has 7 nitrogen and oxygen atoms in total. The molecule has 3 aromatic rings. The first-order valence-corrected chi connectivity index (χ1v) is 13.3. The molecule has 4 heterocycles. The number of hydrogen-bond acceptors (Lipinski definition) is 7. The third-order valence-electron chi connectivity index (χ3n) is 7.73. The van der Waals surface area contributed by atoms with Crippen LogP contribution in [0.5, 0.6) is 0 Å². The van der Waals surface area contributed by atoms with Gasteiger partial charge in [0.25, 0.3) is 5.89 Å². The van der Waals surface area contributed by atoms with Crippen LogP contribution >= 0.6 is 22.6 Å². The number of piperidine rings is 1. The predicted molar refractivity (Wildman–Crippen MR) is 138 cm³/mol. The normalized spacial score (nSPS) is 21.4. The summed E-state index contributed by atoms with van der Waals surface area (Å²) in [6.07, 6.45) is 0.933. The summed E-state index contributed by atoms with van der Waals surface area (Å²) in [5, 5.41) is 8.56. The van der Waals surface area contributed by atoms with Crippen LogP contribution in [-0.4, -0.2) is 52.5 Å². The smallest absolute Gasteiger partial charge is 0.393 e. The number of hydrogen-bond donors (Lipinski definition) is 0. The molecule has 36 heavy (non-hydrogen) atoms. The van der Waals surface area contributed by atoms with E-state index in [9.17, 15) is 13.2 Å². The van der Waals surface area contributed by atoms with E-state index in [2.05, 4.69) is 53.7 Å². The molecule has 2 saturated heterocycles. The molecule has 3 aliphatic rings. The lowest BCUT2D eigenvalue weighted by molar-refractivity contribution is -0.168. The van der Waals surface area contributed by atoms with Gasteiger partial charge in [0, 0.05) is 35.4 Å². The topological polar surface area (TPSA) is 71.2 Å². The molecule has 11 heteroatoms. The second-order valence-electron chi connectivity index (χ2n) is 10.2. The number of nitrogens with zero attached hydrogens (tertiary/aromatic N) is 6. The Balaban J connectivity index is 1.27. The van der Waals surface area contributed by atoms with Gasteiger partial charge in [-0.25, -0.2) is 9.97 Å². The molecule has 1 saturated carbocycles. The van der Waals surface area contributed by atoms with Gasteiger partial charge in [0.05, 0.1) is 17.2 Å². The van der Waals surface area contributed by atoms with E-state index in [4.69, 9.17) is 4.42 Å². The van der Waals surface area contributed by atoms with Gasteiger partial charge in [-0.2, -0.15) is 13.2 Å². The first-order valence-electron chi connectivity index (χ1n) is 12.3. The van der Waals surface area contributed by atoms with Gasteiger partial charge < -0.3 is 14.2 Å². The Labute approximate surface area is 220 Å². The molecule has 0 N–H and O–H groups in total. The largest absolute Gasteiger partial charge is 0.415 e. The van der Waals surface area contributed by atoms with Crippen LogP contribution in [0.1, 0.15) is 37.8 Å². The predicted octanol–water partition coefficient (Wildman–Crippen LogP) is 5.88. The van der Waals surface area contributed by atoms with Crippen molar-refractivity contribution < 1.29 is 17.6 Å². The summed E-state index contributed by atoms with van der Waals surface area (Å²) in [6, 6.07) is 7.90. The zero-order valence-electron chi connectivity index (χ0n) is 19.9. The maximum atomic E-state index is 13.2. The second-order valence-corrected chi connectivity index (χ2v) is 11.5. The van der Waals surface area contributed by atoms with Crippen molar-refractivity contribution in [3.05, 3.63) is 33.5 Å². The quantitative estimate of drug-likeness (QED) is 0.342. The maximum absolute atomic E-state index is 13.2. The third kappa shape index (κ3) is 4.66. The van der Waals surface area contributed by atoms with Gasteiger partial charge in [-0.3, -0.25) is 0 Å². The molecular formula is C25H26F3IN6O. The summed E-state index contributed by atoms with van der Waals surface area (Å²) in [4.78, 5) is 12.9. The molecule has 1 spiro atoms. The van der Waals surface area contributed by atoms with E-state index in [0.717, 1.165) is 27.9 Å². The molecular weight excluding hydrogens is 584 g/mol. The van der Waals surface area contributed by atoms with Gasteiger partial charge in [-0.05, 0) is 91.3 Å². The van der Waals surface area contributed by atoms with Crippen molar-refractivity contribution in [3.63, 3.8) is 0 Å². The average Bonchev–Trinajstić information content (AvgIpc) is 3.25. The fourth-order valence-electron chi connectivity index (χ4n) is 5.29. The van der Waals surface area contributed by atoms with Gasteiger partial charge in [-0.15, -0.1) is 10.2 Å². The van der Waals surface area contributed by atoms with Crippen molar-refractivity contribution in [1.29, 1.82) is 0 Å². The van der Waals surface area contributed by atoms with Crippen LogP contribution in [0.3, 0.4) is 0 Å². The highest BCUT2D eigenvalue weighted by atomic mass is 127. The molecule has 0 amide bonds. The highest BCUT2D eigenvalue weighted by molar-refractivity contribution is 14.1. The van der Waals surface area contributed by atoms with Gasteiger partial charge in [0.15, 0.2) is 0 Å². The lowest BCUT2D eigenvalue weighted by atomic mass is 9.93. The van der Waals surface area contributed by atoms with Crippen LogP contribution < -0.4 is 9.80 Å².